The average Bonchev–Trinajstić information content (AvgIpc) is 2.74. The highest BCUT2D eigenvalue weighted by Crippen LogP contribution is 2.06. The van der Waals surface area contributed by atoms with Crippen molar-refractivity contribution in [1.82, 2.24) is 16.0 Å². The van der Waals surface area contributed by atoms with Gasteiger partial charge in [0.05, 0.1) is 12.6 Å². The van der Waals surface area contributed by atoms with Crippen LogP contribution in [0.2, 0.25) is 0 Å². The fraction of sp³-hybridized carbons (Fsp3) is 0.500. The number of rotatable bonds is 14. The monoisotopic (exact) mass is 463 g/mol. The Morgan fingerprint density at radius 2 is 1.61 bits per heavy atom. The normalized spacial score (nSPS) is 13.5. The lowest BCUT2D eigenvalue weighted by Crippen LogP contribution is -2.54. The number of carboxylic acids is 1. The van der Waals surface area contributed by atoms with Crippen LogP contribution in [0.5, 0.6) is 0 Å². The maximum Gasteiger partial charge on any atom is 0.326 e. The van der Waals surface area contributed by atoms with E-state index in [1.165, 1.54) is 0 Å². The van der Waals surface area contributed by atoms with Crippen LogP contribution in [-0.2, 0) is 30.4 Å². The molecule has 1 aromatic carbocycles. The van der Waals surface area contributed by atoms with Crippen molar-refractivity contribution in [3.05, 3.63) is 35.9 Å². The molecule has 0 heterocycles. The maximum absolute atomic E-state index is 12.8. The van der Waals surface area contributed by atoms with Crippen LogP contribution in [-0.4, -0.2) is 59.4 Å². The number of nitrogens with one attached hydrogen (secondary N) is 3. The fourth-order valence-electron chi connectivity index (χ4n) is 3.03. The van der Waals surface area contributed by atoms with Crippen LogP contribution in [0.3, 0.4) is 0 Å². The second-order valence-corrected chi connectivity index (χ2v) is 8.17. The smallest absolute Gasteiger partial charge is 0.326 e. The molecule has 0 aliphatic heterocycles. The van der Waals surface area contributed by atoms with Gasteiger partial charge in [-0.25, -0.2) is 4.79 Å². The molecule has 0 fully saturated rings. The van der Waals surface area contributed by atoms with E-state index in [1.54, 1.807) is 30.3 Å². The molecular formula is C22H33N5O6. The molecular weight excluding hydrogens is 430 g/mol. The van der Waals surface area contributed by atoms with Gasteiger partial charge in [0, 0.05) is 12.8 Å². The fourth-order valence-corrected chi connectivity index (χ4v) is 3.03. The van der Waals surface area contributed by atoms with E-state index >= 15 is 0 Å². The molecule has 0 aromatic heterocycles. The molecule has 3 atom stereocenters. The van der Waals surface area contributed by atoms with Gasteiger partial charge in [-0.2, -0.15) is 0 Å². The van der Waals surface area contributed by atoms with E-state index in [1.807, 2.05) is 13.8 Å². The van der Waals surface area contributed by atoms with Crippen molar-refractivity contribution in [2.75, 3.05) is 6.54 Å². The third-order valence-corrected chi connectivity index (χ3v) is 4.71. The SMILES string of the molecule is CC(C)CC(N)C(=O)NCC(=O)NC(Cc1ccccc1)C(=O)NC(CCC(N)=O)C(=O)O. The van der Waals surface area contributed by atoms with Crippen LogP contribution in [0.25, 0.3) is 0 Å². The number of amides is 4. The topological polar surface area (TPSA) is 194 Å². The van der Waals surface area contributed by atoms with E-state index < -0.39 is 54.3 Å². The van der Waals surface area contributed by atoms with E-state index in [2.05, 4.69) is 16.0 Å². The first kappa shape index (κ1) is 27.6. The van der Waals surface area contributed by atoms with E-state index in [4.69, 9.17) is 11.5 Å². The molecule has 1 aromatic rings. The first-order valence-electron chi connectivity index (χ1n) is 10.7. The summed E-state index contributed by atoms with van der Waals surface area (Å²) < 4.78 is 0. The molecule has 11 heteroatoms. The van der Waals surface area contributed by atoms with Gasteiger partial charge in [0.25, 0.3) is 0 Å². The van der Waals surface area contributed by atoms with Crippen LogP contribution in [0, 0.1) is 5.92 Å². The van der Waals surface area contributed by atoms with Crippen LogP contribution in [0.15, 0.2) is 30.3 Å². The molecule has 0 spiro atoms. The molecule has 0 saturated carbocycles. The van der Waals surface area contributed by atoms with Gasteiger partial charge < -0.3 is 32.5 Å². The van der Waals surface area contributed by atoms with Crippen LogP contribution in [0.4, 0.5) is 0 Å². The van der Waals surface area contributed by atoms with Gasteiger partial charge in [-0.1, -0.05) is 44.2 Å². The summed E-state index contributed by atoms with van der Waals surface area (Å²) in [6, 6.07) is 5.58. The summed E-state index contributed by atoms with van der Waals surface area (Å²) in [6.45, 7) is 3.44. The first-order valence-corrected chi connectivity index (χ1v) is 10.7. The Labute approximate surface area is 192 Å². The highest BCUT2D eigenvalue weighted by atomic mass is 16.4. The van der Waals surface area contributed by atoms with Gasteiger partial charge in [-0.3, -0.25) is 19.2 Å². The zero-order valence-electron chi connectivity index (χ0n) is 18.9. The number of carbonyl (C=O) groups is 5. The second kappa shape index (κ2) is 13.8. The largest absolute Gasteiger partial charge is 0.480 e. The molecule has 0 bridgehead atoms. The lowest BCUT2D eigenvalue weighted by atomic mass is 10.0. The third kappa shape index (κ3) is 11.1. The van der Waals surface area contributed by atoms with Crippen LogP contribution >= 0.6 is 0 Å². The molecule has 0 aliphatic carbocycles. The molecule has 182 valence electrons. The highest BCUT2D eigenvalue weighted by molar-refractivity contribution is 5.92. The van der Waals surface area contributed by atoms with Crippen molar-refractivity contribution in [1.29, 1.82) is 0 Å². The molecule has 4 amide bonds. The van der Waals surface area contributed by atoms with Crippen LogP contribution < -0.4 is 27.4 Å². The molecule has 3 unspecified atom stereocenters. The van der Waals surface area contributed by atoms with Gasteiger partial charge in [0.2, 0.25) is 23.6 Å². The number of hydrogen-bond donors (Lipinski definition) is 6. The first-order chi connectivity index (χ1) is 15.5. The number of nitrogens with two attached hydrogens (primary N) is 2. The van der Waals surface area contributed by atoms with E-state index in [0.29, 0.717) is 6.42 Å². The summed E-state index contributed by atoms with van der Waals surface area (Å²) in [7, 11) is 0. The third-order valence-electron chi connectivity index (χ3n) is 4.71. The van der Waals surface area contributed by atoms with Gasteiger partial charge in [0.1, 0.15) is 12.1 Å². The molecule has 0 radical (unpaired) electrons. The van der Waals surface area contributed by atoms with Crippen molar-refractivity contribution >= 4 is 29.6 Å². The second-order valence-electron chi connectivity index (χ2n) is 8.17. The average molecular weight is 464 g/mol. The van der Waals surface area contributed by atoms with Crippen molar-refractivity contribution in [3.8, 4) is 0 Å². The van der Waals surface area contributed by atoms with E-state index in [9.17, 15) is 29.1 Å². The zero-order chi connectivity index (χ0) is 25.0. The number of aliphatic carboxylic acids is 1. The molecule has 33 heavy (non-hydrogen) atoms. The number of hydrogen-bond acceptors (Lipinski definition) is 6. The predicted molar refractivity (Wildman–Crippen MR) is 121 cm³/mol. The Kier molecular flexibility index (Phi) is 11.6. The Morgan fingerprint density at radius 3 is 2.15 bits per heavy atom. The molecule has 11 nitrogen and oxygen atoms in total. The number of primary amides is 1. The van der Waals surface area contributed by atoms with Crippen molar-refractivity contribution in [2.24, 2.45) is 17.4 Å². The van der Waals surface area contributed by atoms with Gasteiger partial charge >= 0.3 is 5.97 Å². The van der Waals surface area contributed by atoms with E-state index in [0.717, 1.165) is 5.56 Å². The van der Waals surface area contributed by atoms with Crippen molar-refractivity contribution < 1.29 is 29.1 Å². The summed E-state index contributed by atoms with van der Waals surface area (Å²) in [5, 5.41) is 16.6. The van der Waals surface area contributed by atoms with Gasteiger partial charge in [-0.15, -0.1) is 0 Å². The summed E-state index contributed by atoms with van der Waals surface area (Å²) in [5.74, 6) is -3.69. The quantitative estimate of drug-likeness (QED) is 0.204. The molecule has 0 aliphatic rings. The van der Waals surface area contributed by atoms with Crippen LogP contribution in [0.1, 0.15) is 38.7 Å². The predicted octanol–water partition coefficient (Wildman–Crippen LogP) is -0.962. The molecule has 0 saturated heterocycles. The zero-order valence-corrected chi connectivity index (χ0v) is 18.9. The summed E-state index contributed by atoms with van der Waals surface area (Å²) in [4.78, 5) is 59.7. The Morgan fingerprint density at radius 1 is 0.970 bits per heavy atom. The number of carbonyl (C=O) groups excluding carboxylic acids is 4. The summed E-state index contributed by atoms with van der Waals surface area (Å²) in [6.07, 6.45) is 0.123. The Bertz CT molecular complexity index is 830. The van der Waals surface area contributed by atoms with Gasteiger partial charge in [0.15, 0.2) is 0 Å². The minimum Gasteiger partial charge on any atom is -0.480 e. The Hall–Kier alpha value is -3.47. The van der Waals surface area contributed by atoms with E-state index in [-0.39, 0.29) is 25.2 Å². The number of carboxylic acid groups (broad SMARTS) is 1. The van der Waals surface area contributed by atoms with Crippen molar-refractivity contribution in [2.45, 2.75) is 57.7 Å². The minimum absolute atomic E-state index is 0.0847. The van der Waals surface area contributed by atoms with Crippen molar-refractivity contribution in [3.63, 3.8) is 0 Å². The van der Waals surface area contributed by atoms with Gasteiger partial charge in [-0.05, 0) is 24.3 Å². The lowest BCUT2D eigenvalue weighted by molar-refractivity contribution is -0.142. The molecule has 8 N–H and O–H groups in total. The minimum atomic E-state index is -1.35. The lowest BCUT2D eigenvalue weighted by Gasteiger charge is -2.22. The standard InChI is InChI=1S/C22H33N5O6/c1-13(2)10-15(23)20(30)25-12-19(29)26-17(11-14-6-4-3-5-7-14)21(31)27-16(22(32)33)8-9-18(24)28/h3-7,13,15-17H,8-12,23H2,1-2H3,(H2,24,28)(H,25,30)(H,26,29)(H,27,31)(H,32,33). The molecule has 1 rings (SSSR count). The Balaban J connectivity index is 2.83. The summed E-state index contributed by atoms with van der Waals surface area (Å²) in [5.41, 5.74) is 11.6. The summed E-state index contributed by atoms with van der Waals surface area (Å²) >= 11 is 0. The highest BCUT2D eigenvalue weighted by Gasteiger charge is 2.27. The maximum atomic E-state index is 12.8. The number of benzene rings is 1.